The molecule has 0 aliphatic carbocycles. The summed E-state index contributed by atoms with van der Waals surface area (Å²) >= 11 is 0. The number of nitrogens with two attached hydrogens (primary N) is 1. The number of rotatable bonds is 7. The van der Waals surface area contributed by atoms with Crippen LogP contribution in [0.2, 0.25) is 0 Å². The van der Waals surface area contributed by atoms with Gasteiger partial charge in [0, 0.05) is 26.2 Å². The van der Waals surface area contributed by atoms with Gasteiger partial charge in [0.2, 0.25) is 10.0 Å². The fraction of sp³-hybridized carbons (Fsp3) is 0.625. The average Bonchev–Trinajstić information content (AvgIpc) is 2.55. The van der Waals surface area contributed by atoms with Crippen LogP contribution in [-0.2, 0) is 14.8 Å². The molecule has 6 nitrogen and oxygen atoms in total. The molecule has 1 heterocycles. The van der Waals surface area contributed by atoms with Gasteiger partial charge >= 0.3 is 0 Å². The van der Waals surface area contributed by atoms with Crippen LogP contribution in [0.3, 0.4) is 0 Å². The molecular formula is C16H26N2O4S. The second-order valence-corrected chi connectivity index (χ2v) is 7.88. The highest BCUT2D eigenvalue weighted by Crippen LogP contribution is 2.26. The van der Waals surface area contributed by atoms with E-state index < -0.39 is 10.0 Å². The van der Waals surface area contributed by atoms with Crippen LogP contribution in [-0.4, -0.2) is 52.2 Å². The van der Waals surface area contributed by atoms with Crippen LogP contribution in [0.5, 0.6) is 5.75 Å². The van der Waals surface area contributed by atoms with E-state index in [4.69, 9.17) is 15.2 Å². The molecule has 2 N–H and O–H groups in total. The van der Waals surface area contributed by atoms with Gasteiger partial charge in [0.25, 0.3) is 0 Å². The van der Waals surface area contributed by atoms with Crippen LogP contribution in [0.1, 0.15) is 19.8 Å². The lowest BCUT2D eigenvalue weighted by atomic mass is 9.93. The van der Waals surface area contributed by atoms with Gasteiger partial charge in [0.1, 0.15) is 12.4 Å². The monoisotopic (exact) mass is 342 g/mol. The van der Waals surface area contributed by atoms with Gasteiger partial charge in [-0.2, -0.15) is 4.31 Å². The highest BCUT2D eigenvalue weighted by Gasteiger charge is 2.31. The molecule has 7 heteroatoms. The van der Waals surface area contributed by atoms with Crippen molar-refractivity contribution in [3.63, 3.8) is 0 Å². The molecule has 0 aromatic heterocycles. The molecule has 2 rings (SSSR count). The first-order valence-corrected chi connectivity index (χ1v) is 9.36. The van der Waals surface area contributed by atoms with Crippen molar-refractivity contribution in [2.45, 2.75) is 30.7 Å². The fourth-order valence-electron chi connectivity index (χ4n) is 2.72. The predicted molar refractivity (Wildman–Crippen MR) is 88.9 cm³/mol. The Kier molecular flexibility index (Phi) is 6.41. The van der Waals surface area contributed by atoms with Crippen LogP contribution < -0.4 is 10.5 Å². The Balaban J connectivity index is 2.06. The molecule has 0 saturated carbocycles. The summed E-state index contributed by atoms with van der Waals surface area (Å²) in [6.45, 7) is 3.91. The van der Waals surface area contributed by atoms with Gasteiger partial charge in [-0.25, -0.2) is 8.42 Å². The lowest BCUT2D eigenvalue weighted by molar-refractivity contribution is 0.146. The molecule has 0 amide bonds. The molecule has 1 aliphatic heterocycles. The largest absolute Gasteiger partial charge is 0.491 e. The second kappa shape index (κ2) is 8.10. The maximum Gasteiger partial charge on any atom is 0.243 e. The van der Waals surface area contributed by atoms with Crippen molar-refractivity contribution in [3.8, 4) is 5.75 Å². The summed E-state index contributed by atoms with van der Waals surface area (Å²) in [4.78, 5) is 0.293. The van der Waals surface area contributed by atoms with Crippen molar-refractivity contribution in [1.29, 1.82) is 0 Å². The minimum atomic E-state index is -3.47. The summed E-state index contributed by atoms with van der Waals surface area (Å²) in [6.07, 6.45) is 1.83. The Morgan fingerprint density at radius 2 is 2.00 bits per heavy atom. The van der Waals surface area contributed by atoms with Crippen LogP contribution in [0.4, 0.5) is 0 Å². The molecule has 2 unspecified atom stereocenters. The average molecular weight is 342 g/mol. The molecule has 1 aromatic rings. The van der Waals surface area contributed by atoms with Crippen LogP contribution in [0.25, 0.3) is 0 Å². The molecule has 1 fully saturated rings. The molecular weight excluding hydrogens is 316 g/mol. The van der Waals surface area contributed by atoms with Crippen molar-refractivity contribution in [2.75, 3.05) is 33.4 Å². The van der Waals surface area contributed by atoms with E-state index in [1.54, 1.807) is 35.7 Å². The quantitative estimate of drug-likeness (QED) is 0.759. The van der Waals surface area contributed by atoms with Crippen molar-refractivity contribution in [1.82, 2.24) is 4.31 Å². The molecule has 23 heavy (non-hydrogen) atoms. The first-order valence-electron chi connectivity index (χ1n) is 7.92. The Labute approximate surface area is 138 Å². The molecule has 0 spiro atoms. The third-order valence-corrected chi connectivity index (χ3v) is 6.06. The van der Waals surface area contributed by atoms with E-state index in [0.717, 1.165) is 12.8 Å². The van der Waals surface area contributed by atoms with Crippen molar-refractivity contribution in [2.24, 2.45) is 11.7 Å². The zero-order valence-corrected chi connectivity index (χ0v) is 14.6. The molecule has 130 valence electrons. The van der Waals surface area contributed by atoms with E-state index in [-0.39, 0.29) is 12.0 Å². The standard InChI is InChI=1S/C16H26N2O4S/c1-13(17)14-4-3-9-18(12-14)23(19,20)16-7-5-15(6-8-16)22-11-10-21-2/h5-8,13-14H,3-4,9-12,17H2,1-2H3. The number of methoxy groups -OCH3 is 1. The van der Waals surface area contributed by atoms with Gasteiger partial charge in [-0.15, -0.1) is 0 Å². The van der Waals surface area contributed by atoms with E-state index in [9.17, 15) is 8.42 Å². The van der Waals surface area contributed by atoms with Crippen LogP contribution in [0.15, 0.2) is 29.2 Å². The minimum absolute atomic E-state index is 0.00422. The molecule has 1 saturated heterocycles. The van der Waals surface area contributed by atoms with Gasteiger partial charge in [-0.05, 0) is 49.9 Å². The maximum atomic E-state index is 12.8. The number of ether oxygens (including phenoxy) is 2. The molecule has 1 aliphatic rings. The Hall–Kier alpha value is -1.15. The topological polar surface area (TPSA) is 81.9 Å². The number of sulfonamides is 1. The summed E-state index contributed by atoms with van der Waals surface area (Å²) < 4.78 is 37.4. The van der Waals surface area contributed by atoms with Crippen molar-refractivity contribution >= 4 is 10.0 Å². The summed E-state index contributed by atoms with van der Waals surface area (Å²) in [6, 6.07) is 6.54. The third kappa shape index (κ3) is 4.67. The number of piperidine rings is 1. The van der Waals surface area contributed by atoms with E-state index in [0.29, 0.717) is 36.9 Å². The Morgan fingerprint density at radius 3 is 2.61 bits per heavy atom. The molecule has 1 aromatic carbocycles. The van der Waals surface area contributed by atoms with E-state index in [1.807, 2.05) is 6.92 Å². The summed E-state index contributed by atoms with van der Waals surface area (Å²) in [7, 11) is -1.87. The van der Waals surface area contributed by atoms with Gasteiger partial charge in [0.15, 0.2) is 0 Å². The minimum Gasteiger partial charge on any atom is -0.491 e. The number of benzene rings is 1. The normalized spacial score (nSPS) is 21.1. The summed E-state index contributed by atoms with van der Waals surface area (Å²) in [5, 5.41) is 0. The second-order valence-electron chi connectivity index (χ2n) is 5.94. The first-order chi connectivity index (χ1) is 10.9. The smallest absolute Gasteiger partial charge is 0.243 e. The highest BCUT2D eigenvalue weighted by atomic mass is 32.2. The zero-order valence-electron chi connectivity index (χ0n) is 13.8. The van der Waals surface area contributed by atoms with Gasteiger partial charge in [-0.3, -0.25) is 0 Å². The number of hydrogen-bond acceptors (Lipinski definition) is 5. The summed E-state index contributed by atoms with van der Waals surface area (Å²) in [5.41, 5.74) is 5.94. The van der Waals surface area contributed by atoms with Crippen LogP contribution >= 0.6 is 0 Å². The predicted octanol–water partition coefficient (Wildman–Crippen LogP) is 1.46. The Bertz CT molecular complexity index is 587. The van der Waals surface area contributed by atoms with Crippen molar-refractivity contribution < 1.29 is 17.9 Å². The Morgan fingerprint density at radius 1 is 1.30 bits per heavy atom. The van der Waals surface area contributed by atoms with Crippen molar-refractivity contribution in [3.05, 3.63) is 24.3 Å². The number of nitrogens with zero attached hydrogens (tertiary/aromatic N) is 1. The van der Waals surface area contributed by atoms with Crippen LogP contribution in [0, 0.1) is 5.92 Å². The molecule has 0 radical (unpaired) electrons. The maximum absolute atomic E-state index is 12.8. The van der Waals surface area contributed by atoms with E-state index in [2.05, 4.69) is 0 Å². The zero-order chi connectivity index (χ0) is 16.9. The number of hydrogen-bond donors (Lipinski definition) is 1. The lowest BCUT2D eigenvalue weighted by Gasteiger charge is -2.33. The molecule has 0 bridgehead atoms. The summed E-state index contributed by atoms with van der Waals surface area (Å²) in [5.74, 6) is 0.850. The van der Waals surface area contributed by atoms with Gasteiger partial charge in [-0.1, -0.05) is 0 Å². The first kappa shape index (κ1) is 18.2. The van der Waals surface area contributed by atoms with Gasteiger partial charge < -0.3 is 15.2 Å². The van der Waals surface area contributed by atoms with Gasteiger partial charge in [0.05, 0.1) is 11.5 Å². The fourth-order valence-corrected chi connectivity index (χ4v) is 4.26. The lowest BCUT2D eigenvalue weighted by Crippen LogP contribution is -2.44. The van der Waals surface area contributed by atoms with E-state index >= 15 is 0 Å². The third-order valence-electron chi connectivity index (χ3n) is 4.18. The SMILES string of the molecule is COCCOc1ccc(S(=O)(=O)N2CCCC(C(C)N)C2)cc1. The molecule has 2 atom stereocenters. The highest BCUT2D eigenvalue weighted by molar-refractivity contribution is 7.89. The van der Waals surface area contributed by atoms with E-state index in [1.165, 1.54) is 0 Å².